The standard InChI is InChI=1S/C14H19NO4S/c1-2-10-20(18,19)12-7-4-3-6-11(12)15-14(13(16)17)8-5-9-14/h3-4,6-7,15H,2,5,8-10H2,1H3,(H,16,17). The van der Waals surface area contributed by atoms with Crippen LogP contribution in [0.15, 0.2) is 29.2 Å². The van der Waals surface area contributed by atoms with Crippen molar-refractivity contribution in [2.45, 2.75) is 43.0 Å². The summed E-state index contributed by atoms with van der Waals surface area (Å²) in [6.45, 7) is 1.80. The maximum Gasteiger partial charge on any atom is 0.329 e. The molecule has 110 valence electrons. The molecule has 0 heterocycles. The third kappa shape index (κ3) is 2.65. The molecular weight excluding hydrogens is 278 g/mol. The first-order chi connectivity index (χ1) is 9.41. The lowest BCUT2D eigenvalue weighted by atomic mass is 9.76. The summed E-state index contributed by atoms with van der Waals surface area (Å²) >= 11 is 0. The predicted molar refractivity (Wildman–Crippen MR) is 76.6 cm³/mol. The van der Waals surface area contributed by atoms with E-state index in [1.54, 1.807) is 25.1 Å². The van der Waals surface area contributed by atoms with Crippen LogP contribution in [0.25, 0.3) is 0 Å². The van der Waals surface area contributed by atoms with E-state index in [0.717, 1.165) is 6.42 Å². The van der Waals surface area contributed by atoms with Gasteiger partial charge in [-0.1, -0.05) is 19.1 Å². The van der Waals surface area contributed by atoms with Crippen molar-refractivity contribution in [3.63, 3.8) is 0 Å². The van der Waals surface area contributed by atoms with Crippen LogP contribution in [0.1, 0.15) is 32.6 Å². The minimum atomic E-state index is -3.38. The molecule has 0 spiro atoms. The number of sulfone groups is 1. The zero-order valence-corrected chi connectivity index (χ0v) is 12.2. The monoisotopic (exact) mass is 297 g/mol. The van der Waals surface area contributed by atoms with Crippen molar-refractivity contribution >= 4 is 21.5 Å². The summed E-state index contributed by atoms with van der Waals surface area (Å²) in [5.74, 6) is -0.863. The lowest BCUT2D eigenvalue weighted by Gasteiger charge is -2.39. The number of hydrogen-bond acceptors (Lipinski definition) is 4. The number of carboxylic acids is 1. The second kappa shape index (κ2) is 5.44. The smallest absolute Gasteiger partial charge is 0.329 e. The van der Waals surface area contributed by atoms with Gasteiger partial charge in [-0.3, -0.25) is 0 Å². The highest BCUT2D eigenvalue weighted by Crippen LogP contribution is 2.37. The fourth-order valence-corrected chi connectivity index (χ4v) is 3.90. The maximum absolute atomic E-state index is 12.2. The first-order valence-corrected chi connectivity index (χ1v) is 8.40. The summed E-state index contributed by atoms with van der Waals surface area (Å²) in [6, 6.07) is 6.52. The Morgan fingerprint density at radius 2 is 2.00 bits per heavy atom. The van der Waals surface area contributed by atoms with Crippen molar-refractivity contribution in [1.82, 2.24) is 0 Å². The van der Waals surface area contributed by atoms with Gasteiger partial charge in [-0.05, 0) is 37.8 Å². The lowest BCUT2D eigenvalue weighted by molar-refractivity contribution is -0.145. The van der Waals surface area contributed by atoms with Gasteiger partial charge < -0.3 is 10.4 Å². The fraction of sp³-hybridized carbons (Fsp3) is 0.500. The molecule has 1 aliphatic carbocycles. The Balaban J connectivity index is 2.36. The van der Waals surface area contributed by atoms with Crippen LogP contribution in [0, 0.1) is 0 Å². The minimum absolute atomic E-state index is 0.0613. The van der Waals surface area contributed by atoms with E-state index >= 15 is 0 Å². The molecule has 0 saturated heterocycles. The molecule has 5 nitrogen and oxygen atoms in total. The summed E-state index contributed by atoms with van der Waals surface area (Å²) in [4.78, 5) is 11.6. The van der Waals surface area contributed by atoms with Crippen LogP contribution < -0.4 is 5.32 Å². The molecule has 1 aliphatic rings. The Morgan fingerprint density at radius 1 is 1.35 bits per heavy atom. The zero-order chi connectivity index (χ0) is 14.8. The molecular formula is C14H19NO4S. The van der Waals surface area contributed by atoms with Gasteiger partial charge in [-0.15, -0.1) is 0 Å². The van der Waals surface area contributed by atoms with Gasteiger partial charge in [0.15, 0.2) is 9.84 Å². The molecule has 1 saturated carbocycles. The second-order valence-electron chi connectivity index (χ2n) is 5.18. The molecule has 6 heteroatoms. The van der Waals surface area contributed by atoms with Crippen LogP contribution in [-0.2, 0) is 14.6 Å². The van der Waals surface area contributed by atoms with E-state index in [1.165, 1.54) is 6.07 Å². The Bertz CT molecular complexity index is 605. The summed E-state index contributed by atoms with van der Waals surface area (Å²) in [5.41, 5.74) is -0.624. The molecule has 0 aliphatic heterocycles. The maximum atomic E-state index is 12.2. The highest BCUT2D eigenvalue weighted by atomic mass is 32.2. The van der Waals surface area contributed by atoms with E-state index in [4.69, 9.17) is 0 Å². The van der Waals surface area contributed by atoms with Crippen molar-refractivity contribution in [3.8, 4) is 0 Å². The van der Waals surface area contributed by atoms with Gasteiger partial charge in [0, 0.05) is 0 Å². The molecule has 0 atom stereocenters. The number of aliphatic carboxylic acids is 1. The highest BCUT2D eigenvalue weighted by Gasteiger charge is 2.45. The molecule has 0 unspecified atom stereocenters. The minimum Gasteiger partial charge on any atom is -0.480 e. The number of rotatable bonds is 6. The van der Waals surface area contributed by atoms with Crippen LogP contribution >= 0.6 is 0 Å². The van der Waals surface area contributed by atoms with Crippen molar-refractivity contribution in [2.75, 3.05) is 11.1 Å². The van der Waals surface area contributed by atoms with Gasteiger partial charge in [0.2, 0.25) is 0 Å². The molecule has 0 bridgehead atoms. The van der Waals surface area contributed by atoms with Crippen LogP contribution in [-0.4, -0.2) is 30.8 Å². The normalized spacial score (nSPS) is 17.2. The van der Waals surface area contributed by atoms with Gasteiger partial charge in [0.1, 0.15) is 5.54 Å². The van der Waals surface area contributed by atoms with Gasteiger partial charge >= 0.3 is 5.97 Å². The fourth-order valence-electron chi connectivity index (χ4n) is 2.40. The lowest BCUT2D eigenvalue weighted by Crippen LogP contribution is -2.52. The van der Waals surface area contributed by atoms with E-state index in [2.05, 4.69) is 5.32 Å². The number of para-hydroxylation sites is 1. The summed E-state index contributed by atoms with van der Waals surface area (Å²) < 4.78 is 24.5. The van der Waals surface area contributed by atoms with Crippen molar-refractivity contribution in [1.29, 1.82) is 0 Å². The first kappa shape index (κ1) is 14.8. The number of carbonyl (C=O) groups is 1. The largest absolute Gasteiger partial charge is 0.480 e. The van der Waals surface area contributed by atoms with Gasteiger partial charge in [-0.2, -0.15) is 0 Å². The number of anilines is 1. The highest BCUT2D eigenvalue weighted by molar-refractivity contribution is 7.91. The second-order valence-corrected chi connectivity index (χ2v) is 7.26. The van der Waals surface area contributed by atoms with E-state index < -0.39 is 21.3 Å². The Hall–Kier alpha value is -1.56. The van der Waals surface area contributed by atoms with Gasteiger partial charge in [0.25, 0.3) is 0 Å². The van der Waals surface area contributed by atoms with E-state index in [0.29, 0.717) is 24.9 Å². The number of carboxylic acid groups (broad SMARTS) is 1. The predicted octanol–water partition coefficient (Wildman–Crippen LogP) is 2.29. The molecule has 1 aromatic carbocycles. The molecule has 1 aromatic rings. The molecule has 0 amide bonds. The van der Waals surface area contributed by atoms with Crippen LogP contribution in [0.4, 0.5) is 5.69 Å². The SMILES string of the molecule is CCCS(=O)(=O)c1ccccc1NC1(C(=O)O)CCC1. The number of benzene rings is 1. The third-order valence-corrected chi connectivity index (χ3v) is 5.66. The Kier molecular flexibility index (Phi) is 4.04. The van der Waals surface area contributed by atoms with E-state index in [9.17, 15) is 18.3 Å². The molecule has 0 aromatic heterocycles. The molecule has 2 rings (SSSR count). The van der Waals surface area contributed by atoms with Gasteiger partial charge in [-0.25, -0.2) is 13.2 Å². The van der Waals surface area contributed by atoms with Crippen LogP contribution in [0.5, 0.6) is 0 Å². The van der Waals surface area contributed by atoms with Crippen LogP contribution in [0.3, 0.4) is 0 Å². The van der Waals surface area contributed by atoms with E-state index in [1.807, 2.05) is 0 Å². The zero-order valence-electron chi connectivity index (χ0n) is 11.4. The first-order valence-electron chi connectivity index (χ1n) is 6.75. The Morgan fingerprint density at radius 3 is 2.50 bits per heavy atom. The Labute approximate surface area is 118 Å². The third-order valence-electron chi connectivity index (χ3n) is 3.69. The van der Waals surface area contributed by atoms with Crippen molar-refractivity contribution in [2.24, 2.45) is 0 Å². The molecule has 20 heavy (non-hydrogen) atoms. The average Bonchev–Trinajstić information content (AvgIpc) is 2.33. The topological polar surface area (TPSA) is 83.5 Å². The quantitative estimate of drug-likeness (QED) is 0.841. The summed E-state index contributed by atoms with van der Waals surface area (Å²) in [7, 11) is -3.38. The van der Waals surface area contributed by atoms with E-state index in [-0.39, 0.29) is 10.6 Å². The molecule has 2 N–H and O–H groups in total. The summed E-state index contributed by atoms with van der Waals surface area (Å²) in [6.07, 6.45) is 2.40. The van der Waals surface area contributed by atoms with Crippen molar-refractivity contribution < 1.29 is 18.3 Å². The molecule has 0 radical (unpaired) electrons. The van der Waals surface area contributed by atoms with Crippen molar-refractivity contribution in [3.05, 3.63) is 24.3 Å². The number of hydrogen-bond donors (Lipinski definition) is 2. The average molecular weight is 297 g/mol. The molecule has 1 fully saturated rings. The van der Waals surface area contributed by atoms with Crippen LogP contribution in [0.2, 0.25) is 0 Å². The van der Waals surface area contributed by atoms with Gasteiger partial charge in [0.05, 0.1) is 16.3 Å². The number of nitrogens with one attached hydrogen (secondary N) is 1. The summed E-state index contributed by atoms with van der Waals surface area (Å²) in [5, 5.41) is 12.3.